The Labute approximate surface area is 68.3 Å². The summed E-state index contributed by atoms with van der Waals surface area (Å²) in [7, 11) is 0. The van der Waals surface area contributed by atoms with Crippen molar-refractivity contribution >= 4 is 0 Å². The fourth-order valence-corrected chi connectivity index (χ4v) is 2.18. The quantitative estimate of drug-likeness (QED) is 0.663. The Kier molecular flexibility index (Phi) is 2.14. The van der Waals surface area contributed by atoms with E-state index in [9.17, 15) is 0 Å². The predicted octanol–water partition coefficient (Wildman–Crippen LogP) is 1.31. The van der Waals surface area contributed by atoms with Gasteiger partial charge >= 0.3 is 0 Å². The van der Waals surface area contributed by atoms with Gasteiger partial charge in [0.2, 0.25) is 0 Å². The molecule has 2 heterocycles. The monoisotopic (exact) mass is 155 g/mol. The van der Waals surface area contributed by atoms with Crippen molar-refractivity contribution in [1.29, 1.82) is 0 Å². The first-order chi connectivity index (χ1) is 5.40. The highest BCUT2D eigenvalue weighted by Gasteiger charge is 2.39. The standard InChI is InChI=1S/C9H17NO/c1-2-5-10-8-6-7-3-4-9(8)11-7/h7-10H,2-6H2,1H3. The highest BCUT2D eigenvalue weighted by Crippen LogP contribution is 2.34. The second kappa shape index (κ2) is 3.11. The van der Waals surface area contributed by atoms with Crippen molar-refractivity contribution in [3.05, 3.63) is 0 Å². The van der Waals surface area contributed by atoms with Gasteiger partial charge in [-0.1, -0.05) is 6.92 Å². The fourth-order valence-electron chi connectivity index (χ4n) is 2.18. The molecule has 0 saturated carbocycles. The smallest absolute Gasteiger partial charge is 0.0733 e. The Morgan fingerprint density at radius 1 is 1.45 bits per heavy atom. The molecule has 64 valence electrons. The van der Waals surface area contributed by atoms with E-state index >= 15 is 0 Å². The van der Waals surface area contributed by atoms with Crippen molar-refractivity contribution < 1.29 is 4.74 Å². The van der Waals surface area contributed by atoms with Crippen LogP contribution in [0.2, 0.25) is 0 Å². The van der Waals surface area contributed by atoms with Crippen molar-refractivity contribution in [2.24, 2.45) is 0 Å². The van der Waals surface area contributed by atoms with Gasteiger partial charge in [-0.15, -0.1) is 0 Å². The average molecular weight is 155 g/mol. The maximum absolute atomic E-state index is 5.72. The van der Waals surface area contributed by atoms with Crippen LogP contribution in [0.25, 0.3) is 0 Å². The third-order valence-electron chi connectivity index (χ3n) is 2.76. The number of nitrogens with one attached hydrogen (secondary N) is 1. The number of ether oxygens (including phenoxy) is 1. The molecule has 0 aliphatic carbocycles. The van der Waals surface area contributed by atoms with E-state index in [0.29, 0.717) is 18.2 Å². The molecule has 2 bridgehead atoms. The van der Waals surface area contributed by atoms with Gasteiger partial charge < -0.3 is 10.1 Å². The van der Waals surface area contributed by atoms with Crippen LogP contribution in [0.1, 0.15) is 32.6 Å². The van der Waals surface area contributed by atoms with E-state index in [1.807, 2.05) is 0 Å². The fraction of sp³-hybridized carbons (Fsp3) is 1.00. The molecular weight excluding hydrogens is 138 g/mol. The summed E-state index contributed by atoms with van der Waals surface area (Å²) in [5.41, 5.74) is 0. The third-order valence-corrected chi connectivity index (χ3v) is 2.76. The summed E-state index contributed by atoms with van der Waals surface area (Å²) in [6, 6.07) is 0.675. The van der Waals surface area contributed by atoms with Crippen molar-refractivity contribution in [2.75, 3.05) is 6.54 Å². The number of hydrogen-bond donors (Lipinski definition) is 1. The summed E-state index contributed by atoms with van der Waals surface area (Å²) in [5, 5.41) is 3.54. The van der Waals surface area contributed by atoms with Crippen LogP contribution < -0.4 is 5.32 Å². The minimum atomic E-state index is 0.548. The van der Waals surface area contributed by atoms with Gasteiger partial charge in [-0.3, -0.25) is 0 Å². The first-order valence-electron chi connectivity index (χ1n) is 4.79. The van der Waals surface area contributed by atoms with Gasteiger partial charge in [0.25, 0.3) is 0 Å². The van der Waals surface area contributed by atoms with E-state index in [1.165, 1.54) is 25.7 Å². The largest absolute Gasteiger partial charge is 0.373 e. The minimum absolute atomic E-state index is 0.548. The van der Waals surface area contributed by atoms with Crippen molar-refractivity contribution in [3.8, 4) is 0 Å². The Morgan fingerprint density at radius 3 is 2.91 bits per heavy atom. The summed E-state index contributed by atoms with van der Waals surface area (Å²) in [4.78, 5) is 0. The van der Waals surface area contributed by atoms with Gasteiger partial charge in [-0.05, 0) is 32.2 Å². The van der Waals surface area contributed by atoms with Gasteiger partial charge in [0.1, 0.15) is 0 Å². The molecule has 2 saturated heterocycles. The van der Waals surface area contributed by atoms with Crippen LogP contribution in [-0.4, -0.2) is 24.8 Å². The van der Waals surface area contributed by atoms with E-state index in [2.05, 4.69) is 12.2 Å². The number of hydrogen-bond acceptors (Lipinski definition) is 2. The molecule has 2 rings (SSSR count). The zero-order valence-electron chi connectivity index (χ0n) is 7.18. The second-order valence-electron chi connectivity index (χ2n) is 3.67. The van der Waals surface area contributed by atoms with Gasteiger partial charge in [0.15, 0.2) is 0 Å². The summed E-state index contributed by atoms with van der Waals surface area (Å²) in [6.45, 7) is 3.36. The van der Waals surface area contributed by atoms with Crippen molar-refractivity contribution in [1.82, 2.24) is 5.32 Å². The summed E-state index contributed by atoms with van der Waals surface area (Å²) in [6.07, 6.45) is 6.21. The zero-order valence-corrected chi connectivity index (χ0v) is 7.18. The molecule has 0 aromatic heterocycles. The topological polar surface area (TPSA) is 21.3 Å². The second-order valence-corrected chi connectivity index (χ2v) is 3.67. The van der Waals surface area contributed by atoms with Crippen LogP contribution in [0.4, 0.5) is 0 Å². The lowest BCUT2D eigenvalue weighted by Gasteiger charge is -2.19. The maximum Gasteiger partial charge on any atom is 0.0733 e. The Hall–Kier alpha value is -0.0800. The van der Waals surface area contributed by atoms with Crippen molar-refractivity contribution in [3.63, 3.8) is 0 Å². The number of rotatable bonds is 3. The van der Waals surface area contributed by atoms with Crippen LogP contribution in [0.3, 0.4) is 0 Å². The molecule has 2 aliphatic heterocycles. The molecule has 3 unspecified atom stereocenters. The van der Waals surface area contributed by atoms with E-state index < -0.39 is 0 Å². The van der Waals surface area contributed by atoms with Crippen LogP contribution in [0.15, 0.2) is 0 Å². The van der Waals surface area contributed by atoms with E-state index in [4.69, 9.17) is 4.74 Å². The average Bonchev–Trinajstić information content (AvgIpc) is 2.60. The van der Waals surface area contributed by atoms with Gasteiger partial charge in [0, 0.05) is 6.04 Å². The van der Waals surface area contributed by atoms with Crippen LogP contribution >= 0.6 is 0 Å². The van der Waals surface area contributed by atoms with Gasteiger partial charge in [0.05, 0.1) is 12.2 Å². The van der Waals surface area contributed by atoms with E-state index in [0.717, 1.165) is 6.54 Å². The molecule has 2 aliphatic rings. The molecule has 0 radical (unpaired) electrons. The number of fused-ring (bicyclic) bond motifs is 2. The molecule has 0 aromatic carbocycles. The summed E-state index contributed by atoms with van der Waals surface area (Å²) >= 11 is 0. The Balaban J connectivity index is 1.78. The minimum Gasteiger partial charge on any atom is -0.373 e. The lowest BCUT2D eigenvalue weighted by atomic mass is 9.95. The zero-order chi connectivity index (χ0) is 7.68. The maximum atomic E-state index is 5.72. The highest BCUT2D eigenvalue weighted by atomic mass is 16.5. The lowest BCUT2D eigenvalue weighted by Crippen LogP contribution is -2.37. The summed E-state index contributed by atoms with van der Waals surface area (Å²) < 4.78 is 5.72. The third kappa shape index (κ3) is 1.42. The Bertz CT molecular complexity index is 138. The highest BCUT2D eigenvalue weighted by molar-refractivity contribution is 4.93. The molecule has 0 aromatic rings. The molecule has 11 heavy (non-hydrogen) atoms. The molecule has 2 fully saturated rings. The molecule has 0 spiro atoms. The van der Waals surface area contributed by atoms with Gasteiger partial charge in [-0.2, -0.15) is 0 Å². The van der Waals surface area contributed by atoms with Crippen LogP contribution in [0, 0.1) is 0 Å². The molecular formula is C9H17NO. The first-order valence-corrected chi connectivity index (χ1v) is 4.79. The normalized spacial score (nSPS) is 41.7. The molecule has 3 atom stereocenters. The molecule has 1 N–H and O–H groups in total. The SMILES string of the molecule is CCCNC1CC2CCC1O2. The van der Waals surface area contributed by atoms with Crippen molar-refractivity contribution in [2.45, 2.75) is 50.9 Å². The molecule has 0 amide bonds. The van der Waals surface area contributed by atoms with E-state index in [-0.39, 0.29) is 0 Å². The molecule has 2 nitrogen and oxygen atoms in total. The Morgan fingerprint density at radius 2 is 2.36 bits per heavy atom. The van der Waals surface area contributed by atoms with Crippen LogP contribution in [0.5, 0.6) is 0 Å². The lowest BCUT2D eigenvalue weighted by molar-refractivity contribution is 0.0975. The van der Waals surface area contributed by atoms with Crippen LogP contribution in [-0.2, 0) is 4.74 Å². The van der Waals surface area contributed by atoms with Gasteiger partial charge in [-0.25, -0.2) is 0 Å². The molecule has 2 heteroatoms. The first kappa shape index (κ1) is 7.56. The summed E-state index contributed by atoms with van der Waals surface area (Å²) in [5.74, 6) is 0. The van der Waals surface area contributed by atoms with E-state index in [1.54, 1.807) is 0 Å². The predicted molar refractivity (Wildman–Crippen MR) is 44.6 cm³/mol.